The Kier molecular flexibility index (Phi) is 72.9. The van der Waals surface area contributed by atoms with Gasteiger partial charge in [0.15, 0.2) is 12.2 Å². The molecule has 0 aromatic heterocycles. The van der Waals surface area contributed by atoms with Crippen LogP contribution in [0, 0.1) is 0 Å². The third-order valence-corrected chi connectivity index (χ3v) is 18.5. The van der Waals surface area contributed by atoms with Crippen LogP contribution in [0.5, 0.6) is 0 Å². The van der Waals surface area contributed by atoms with Gasteiger partial charge in [0.05, 0.1) is 26.4 Å². The lowest BCUT2D eigenvalue weighted by atomic mass is 10.0. The molecule has 0 radical (unpaired) electrons. The zero-order chi connectivity index (χ0) is 76.0. The van der Waals surface area contributed by atoms with Gasteiger partial charge in [-0.2, -0.15) is 0 Å². The van der Waals surface area contributed by atoms with Crippen molar-refractivity contribution in [2.75, 3.05) is 39.6 Å². The smallest absolute Gasteiger partial charge is 0.462 e. The van der Waals surface area contributed by atoms with Crippen molar-refractivity contribution < 1.29 is 80.2 Å². The number of carbonyl (C=O) groups is 4. The van der Waals surface area contributed by atoms with E-state index in [0.29, 0.717) is 32.1 Å². The first kappa shape index (κ1) is 99.2. The quantitative estimate of drug-likeness (QED) is 0.0169. The molecule has 0 aliphatic rings. The minimum Gasteiger partial charge on any atom is -0.462 e. The third kappa shape index (κ3) is 75.4. The molecule has 0 saturated heterocycles. The van der Waals surface area contributed by atoms with E-state index in [4.69, 9.17) is 37.0 Å². The highest BCUT2D eigenvalue weighted by Gasteiger charge is 2.30. The van der Waals surface area contributed by atoms with Crippen LogP contribution in [0.1, 0.15) is 323 Å². The highest BCUT2D eigenvalue weighted by Crippen LogP contribution is 2.45. The van der Waals surface area contributed by atoms with Crippen molar-refractivity contribution in [3.63, 3.8) is 0 Å². The zero-order valence-electron chi connectivity index (χ0n) is 65.2. The lowest BCUT2D eigenvalue weighted by molar-refractivity contribution is -0.161. The maximum Gasteiger partial charge on any atom is 0.472 e. The SMILES string of the molecule is CC/C=C\C/C=C\C/C=C\C/C=C\C/C=C\CCCCCC(=O)OC[C@H](COP(=O)(O)OC[C@@H](O)COP(=O)(O)OC[C@@H](COC(=O)CC/C=C\C/C=C\C/C=C\C/C=C\C/C=C\CCCCC)OC(=O)CCCCCCC/C=C\CCCCCC)OC(=O)CCCCCCCCCCCCCCC. The van der Waals surface area contributed by atoms with E-state index in [2.05, 4.69) is 149 Å². The Morgan fingerprint density at radius 2 is 0.519 bits per heavy atom. The average Bonchev–Trinajstić information content (AvgIpc) is 0.913. The van der Waals surface area contributed by atoms with Gasteiger partial charge in [0.1, 0.15) is 19.3 Å². The lowest BCUT2D eigenvalue weighted by Gasteiger charge is -2.21. The van der Waals surface area contributed by atoms with Crippen LogP contribution in [0.25, 0.3) is 0 Å². The Morgan fingerprint density at radius 3 is 0.875 bits per heavy atom. The highest BCUT2D eigenvalue weighted by molar-refractivity contribution is 7.47. The number of esters is 4. The van der Waals surface area contributed by atoms with Gasteiger partial charge in [0.2, 0.25) is 0 Å². The molecule has 0 heterocycles. The number of phosphoric acid groups is 2. The van der Waals surface area contributed by atoms with Gasteiger partial charge in [0, 0.05) is 25.7 Å². The summed E-state index contributed by atoms with van der Waals surface area (Å²) in [6.07, 6.45) is 85.9. The number of hydrogen-bond acceptors (Lipinski definition) is 15. The Morgan fingerprint density at radius 1 is 0.279 bits per heavy atom. The second-order valence-electron chi connectivity index (χ2n) is 26.6. The fourth-order valence-corrected chi connectivity index (χ4v) is 12.0. The van der Waals surface area contributed by atoms with Crippen LogP contribution in [0.3, 0.4) is 0 Å². The summed E-state index contributed by atoms with van der Waals surface area (Å²) in [5.41, 5.74) is 0. The van der Waals surface area contributed by atoms with Crippen LogP contribution >= 0.6 is 15.6 Å². The minimum atomic E-state index is -5.00. The Labute approximate surface area is 631 Å². The third-order valence-electron chi connectivity index (χ3n) is 16.6. The molecule has 3 N–H and O–H groups in total. The Hall–Kier alpha value is -4.80. The van der Waals surface area contributed by atoms with Crippen molar-refractivity contribution in [1.82, 2.24) is 0 Å². The average molecular weight is 1500 g/mol. The van der Waals surface area contributed by atoms with E-state index in [1.54, 1.807) is 0 Å². The molecule has 0 fully saturated rings. The molecule has 0 aromatic carbocycles. The number of aliphatic hydroxyl groups excluding tert-OH is 1. The molecule has 104 heavy (non-hydrogen) atoms. The molecule has 17 nitrogen and oxygen atoms in total. The van der Waals surface area contributed by atoms with Gasteiger partial charge in [-0.3, -0.25) is 37.3 Å². The second-order valence-corrected chi connectivity index (χ2v) is 29.5. The number of rotatable bonds is 75. The van der Waals surface area contributed by atoms with Crippen molar-refractivity contribution >= 4 is 39.5 Å². The molecule has 0 rings (SSSR count). The van der Waals surface area contributed by atoms with Crippen molar-refractivity contribution in [1.29, 1.82) is 0 Å². The fraction of sp³-hybridized carbons (Fsp3) is 0.694. The number of hydrogen-bond donors (Lipinski definition) is 3. The highest BCUT2D eigenvalue weighted by atomic mass is 31.2. The molecule has 5 atom stereocenters. The van der Waals surface area contributed by atoms with Gasteiger partial charge in [-0.25, -0.2) is 9.13 Å². The largest absolute Gasteiger partial charge is 0.472 e. The molecule has 0 spiro atoms. The molecule has 2 unspecified atom stereocenters. The number of allylic oxidation sites excluding steroid dienone is 22. The van der Waals surface area contributed by atoms with Crippen molar-refractivity contribution in [3.8, 4) is 0 Å². The lowest BCUT2D eigenvalue weighted by Crippen LogP contribution is -2.30. The fourth-order valence-electron chi connectivity index (χ4n) is 10.5. The maximum absolute atomic E-state index is 13.1. The van der Waals surface area contributed by atoms with Crippen molar-refractivity contribution in [3.05, 3.63) is 134 Å². The second kappa shape index (κ2) is 76.4. The molecule has 0 aliphatic carbocycles. The van der Waals surface area contributed by atoms with E-state index in [9.17, 15) is 43.2 Å². The van der Waals surface area contributed by atoms with Gasteiger partial charge >= 0.3 is 39.5 Å². The maximum atomic E-state index is 13.1. The van der Waals surface area contributed by atoms with E-state index in [1.807, 2.05) is 12.2 Å². The number of unbranched alkanes of at least 4 members (excludes halogenated alkanes) is 27. The van der Waals surface area contributed by atoms with Crippen molar-refractivity contribution in [2.24, 2.45) is 0 Å². The van der Waals surface area contributed by atoms with Crippen LogP contribution in [-0.4, -0.2) is 96.7 Å². The molecule has 0 bridgehead atoms. The topological polar surface area (TPSA) is 237 Å². The molecule has 0 aliphatic heterocycles. The number of ether oxygens (including phenoxy) is 4. The number of phosphoric ester groups is 2. The Bertz CT molecular complexity index is 2490. The molecular weight excluding hydrogens is 1350 g/mol. The first-order valence-corrected chi connectivity index (χ1v) is 43.4. The summed E-state index contributed by atoms with van der Waals surface area (Å²) in [5, 5.41) is 10.6. The van der Waals surface area contributed by atoms with Crippen LogP contribution in [0.15, 0.2) is 134 Å². The normalized spacial score (nSPS) is 14.6. The van der Waals surface area contributed by atoms with Crippen LogP contribution < -0.4 is 0 Å². The molecule has 0 saturated carbocycles. The van der Waals surface area contributed by atoms with E-state index in [-0.39, 0.29) is 25.7 Å². The summed E-state index contributed by atoms with van der Waals surface area (Å²) < 4.78 is 68.5. The van der Waals surface area contributed by atoms with E-state index < -0.39 is 97.5 Å². The van der Waals surface area contributed by atoms with Gasteiger partial charge in [-0.1, -0.05) is 296 Å². The van der Waals surface area contributed by atoms with E-state index >= 15 is 0 Å². The number of aliphatic hydroxyl groups is 1. The number of carbonyl (C=O) groups excluding carboxylic acids is 4. The standard InChI is InChI=1S/C85H144O17P2/c1-5-9-13-17-21-25-29-33-35-37-39-41-43-47-49-53-57-61-65-69-82(87)95-75-80(101-84(89)71-67-63-59-55-51-45-31-27-23-19-15-11-7-3)77-99-103(91,92)97-73-79(86)74-98-104(93,94)100-78-81(102-85(90)72-68-64-60-56-52-46-32-28-24-20-16-12-8-4)76-96-83(88)70-66-62-58-54-50-48-44-42-40-38-36-34-30-26-22-18-14-10-6-2/h9,13,21-22,25-26,28,32-36,39-42,47-50,58,62,79-81,86H,5-8,10-12,14-20,23-24,27,29-31,37-38,43-46,51-57,59-61,63-78H2,1-4H3,(H,91,92)(H,93,94)/b13-9-,25-21-,26-22-,32-28-,35-33-,36-34-,41-39-,42-40-,49-47-,50-48-,62-58-/t79-,80-,81-/m1/s1. The molecule has 19 heteroatoms. The molecule has 0 amide bonds. The summed E-state index contributed by atoms with van der Waals surface area (Å²) >= 11 is 0. The van der Waals surface area contributed by atoms with E-state index in [1.165, 1.54) is 96.3 Å². The van der Waals surface area contributed by atoms with Gasteiger partial charge in [-0.05, 0) is 135 Å². The first-order valence-electron chi connectivity index (χ1n) is 40.4. The zero-order valence-corrected chi connectivity index (χ0v) is 66.9. The van der Waals surface area contributed by atoms with Crippen LogP contribution in [0.2, 0.25) is 0 Å². The van der Waals surface area contributed by atoms with Crippen LogP contribution in [-0.2, 0) is 65.4 Å². The summed E-state index contributed by atoms with van der Waals surface area (Å²) in [7, 11) is -9.99. The summed E-state index contributed by atoms with van der Waals surface area (Å²) in [6.45, 7) is 4.60. The van der Waals surface area contributed by atoms with Crippen molar-refractivity contribution in [2.45, 2.75) is 341 Å². The van der Waals surface area contributed by atoms with Gasteiger partial charge in [-0.15, -0.1) is 0 Å². The summed E-state index contributed by atoms with van der Waals surface area (Å²) in [5.74, 6) is -2.31. The van der Waals surface area contributed by atoms with E-state index in [0.717, 1.165) is 141 Å². The summed E-state index contributed by atoms with van der Waals surface area (Å²) in [4.78, 5) is 73.0. The van der Waals surface area contributed by atoms with Crippen LogP contribution in [0.4, 0.5) is 0 Å². The molecule has 0 aromatic rings. The predicted octanol–water partition coefficient (Wildman–Crippen LogP) is 23.7. The first-order chi connectivity index (χ1) is 50.7. The summed E-state index contributed by atoms with van der Waals surface area (Å²) in [6, 6.07) is 0. The van der Waals surface area contributed by atoms with Gasteiger partial charge in [0.25, 0.3) is 0 Å². The van der Waals surface area contributed by atoms with Gasteiger partial charge < -0.3 is 33.8 Å². The Balaban J connectivity index is 5.42. The monoisotopic (exact) mass is 1500 g/mol. The predicted molar refractivity (Wildman–Crippen MR) is 427 cm³/mol. The minimum absolute atomic E-state index is 0.0342. The molecular formula is C85H144O17P2. The molecule has 596 valence electrons.